The van der Waals surface area contributed by atoms with Crippen LogP contribution in [0.4, 0.5) is 0 Å². The summed E-state index contributed by atoms with van der Waals surface area (Å²) >= 11 is 0. The second kappa shape index (κ2) is 7.34. The Bertz CT molecular complexity index is 541. The lowest BCUT2D eigenvalue weighted by Gasteiger charge is -2.29. The van der Waals surface area contributed by atoms with E-state index in [9.17, 15) is 4.79 Å². The average Bonchev–Trinajstić information content (AvgIpc) is 3.02. The van der Waals surface area contributed by atoms with Gasteiger partial charge in [0.1, 0.15) is 11.5 Å². The third kappa shape index (κ3) is 3.08. The second-order valence-corrected chi connectivity index (χ2v) is 5.93. The highest BCUT2D eigenvalue weighted by molar-refractivity contribution is 6.03. The third-order valence-corrected chi connectivity index (χ3v) is 4.71. The molecule has 1 aromatic rings. The van der Waals surface area contributed by atoms with Gasteiger partial charge in [0, 0.05) is 18.0 Å². The van der Waals surface area contributed by atoms with Crippen LogP contribution in [0.15, 0.2) is 12.1 Å². The number of hydrogen-bond donors (Lipinski definition) is 0. The molecule has 1 aliphatic carbocycles. The number of likely N-dealkylation sites (tertiary alicyclic amines) is 1. The van der Waals surface area contributed by atoms with Crippen LogP contribution >= 0.6 is 12.4 Å². The van der Waals surface area contributed by atoms with Crippen molar-refractivity contribution in [2.75, 3.05) is 33.9 Å². The van der Waals surface area contributed by atoms with E-state index in [4.69, 9.17) is 9.47 Å². The number of Topliss-reactive ketones (excluding diaryl/α,β-unsaturated/α-hetero) is 1. The molecule has 0 radical (unpaired) electrons. The number of nitrogens with zero attached hydrogens (tertiary/aromatic N) is 1. The smallest absolute Gasteiger partial charge is 0.171 e. The molecule has 1 heterocycles. The Morgan fingerprint density at radius 2 is 1.77 bits per heavy atom. The van der Waals surface area contributed by atoms with E-state index in [1.54, 1.807) is 14.2 Å². The molecule has 22 heavy (non-hydrogen) atoms. The summed E-state index contributed by atoms with van der Waals surface area (Å²) in [7, 11) is 3.28. The van der Waals surface area contributed by atoms with Gasteiger partial charge in [0.2, 0.25) is 0 Å². The van der Waals surface area contributed by atoms with Gasteiger partial charge >= 0.3 is 0 Å². The van der Waals surface area contributed by atoms with Gasteiger partial charge < -0.3 is 14.4 Å². The number of carbonyl (C=O) groups excluding carboxylic acids is 1. The summed E-state index contributed by atoms with van der Waals surface area (Å²) < 4.78 is 10.8. The fraction of sp³-hybridized carbons (Fsp3) is 0.588. The number of rotatable bonds is 4. The Labute approximate surface area is 138 Å². The van der Waals surface area contributed by atoms with Crippen LogP contribution in [0.1, 0.15) is 35.2 Å². The van der Waals surface area contributed by atoms with E-state index in [1.165, 1.54) is 12.8 Å². The first-order valence-corrected chi connectivity index (χ1v) is 7.75. The minimum absolute atomic E-state index is 0. The maximum Gasteiger partial charge on any atom is 0.171 e. The van der Waals surface area contributed by atoms with Crippen LogP contribution in [0.2, 0.25) is 0 Å². The van der Waals surface area contributed by atoms with Crippen LogP contribution in [0, 0.1) is 5.92 Å². The van der Waals surface area contributed by atoms with Gasteiger partial charge in [-0.1, -0.05) is 0 Å². The van der Waals surface area contributed by atoms with Crippen molar-refractivity contribution in [1.29, 1.82) is 0 Å². The largest absolute Gasteiger partial charge is 0.496 e. The van der Waals surface area contributed by atoms with Crippen LogP contribution in [-0.2, 0) is 6.42 Å². The van der Waals surface area contributed by atoms with Gasteiger partial charge in [0.05, 0.1) is 19.8 Å². The third-order valence-electron chi connectivity index (χ3n) is 4.71. The Balaban J connectivity index is 0.00000176. The molecule has 3 rings (SSSR count). The molecular formula is C17H24ClNO3. The van der Waals surface area contributed by atoms with Crippen LogP contribution < -0.4 is 9.47 Å². The van der Waals surface area contributed by atoms with Crippen molar-refractivity contribution in [2.45, 2.75) is 25.7 Å². The van der Waals surface area contributed by atoms with Gasteiger partial charge in [0.25, 0.3) is 0 Å². The molecule has 0 bridgehead atoms. The van der Waals surface area contributed by atoms with E-state index >= 15 is 0 Å². The Morgan fingerprint density at radius 3 is 2.41 bits per heavy atom. The molecular weight excluding hydrogens is 302 g/mol. The number of fused-ring (bicyclic) bond motifs is 1. The molecule has 0 saturated carbocycles. The summed E-state index contributed by atoms with van der Waals surface area (Å²) in [6.45, 7) is 3.15. The zero-order valence-corrected chi connectivity index (χ0v) is 14.1. The van der Waals surface area contributed by atoms with E-state index in [0.29, 0.717) is 5.75 Å². The van der Waals surface area contributed by atoms with E-state index < -0.39 is 0 Å². The van der Waals surface area contributed by atoms with Gasteiger partial charge in [0.15, 0.2) is 5.78 Å². The van der Waals surface area contributed by atoms with Crippen molar-refractivity contribution < 1.29 is 14.3 Å². The van der Waals surface area contributed by atoms with Gasteiger partial charge in [-0.15, -0.1) is 12.4 Å². The van der Waals surface area contributed by atoms with Crippen LogP contribution in [0.3, 0.4) is 0 Å². The highest BCUT2D eigenvalue weighted by Crippen LogP contribution is 2.38. The fourth-order valence-corrected chi connectivity index (χ4v) is 3.59. The predicted molar refractivity (Wildman–Crippen MR) is 88.6 cm³/mol. The summed E-state index contributed by atoms with van der Waals surface area (Å²) in [5, 5.41) is 0. The molecule has 0 amide bonds. The number of methoxy groups -OCH3 is 2. The molecule has 0 spiro atoms. The van der Waals surface area contributed by atoms with E-state index in [0.717, 1.165) is 49.4 Å². The maximum atomic E-state index is 12.9. The first kappa shape index (κ1) is 17.1. The quantitative estimate of drug-likeness (QED) is 0.853. The van der Waals surface area contributed by atoms with Crippen LogP contribution in [0.25, 0.3) is 0 Å². The van der Waals surface area contributed by atoms with Crippen molar-refractivity contribution in [3.05, 3.63) is 23.3 Å². The second-order valence-electron chi connectivity index (χ2n) is 5.93. The highest BCUT2D eigenvalue weighted by atomic mass is 35.5. The zero-order chi connectivity index (χ0) is 14.8. The van der Waals surface area contributed by atoms with E-state index in [-0.39, 0.29) is 24.1 Å². The summed E-state index contributed by atoms with van der Waals surface area (Å²) in [5.41, 5.74) is 1.76. The molecule has 1 saturated heterocycles. The molecule has 1 atom stereocenters. The van der Waals surface area contributed by atoms with Gasteiger partial charge in [-0.05, 0) is 50.9 Å². The molecule has 5 heteroatoms. The topological polar surface area (TPSA) is 38.8 Å². The molecule has 1 aromatic carbocycles. The summed E-state index contributed by atoms with van der Waals surface area (Å²) in [5.74, 6) is 1.80. The van der Waals surface area contributed by atoms with Gasteiger partial charge in [-0.25, -0.2) is 0 Å². The zero-order valence-electron chi connectivity index (χ0n) is 13.3. The summed E-state index contributed by atoms with van der Waals surface area (Å²) in [6, 6.07) is 3.74. The molecule has 1 aliphatic heterocycles. The van der Waals surface area contributed by atoms with Crippen molar-refractivity contribution in [3.63, 3.8) is 0 Å². The van der Waals surface area contributed by atoms with Crippen molar-refractivity contribution in [3.8, 4) is 11.5 Å². The highest BCUT2D eigenvalue weighted by Gasteiger charge is 2.33. The van der Waals surface area contributed by atoms with Crippen LogP contribution in [0.5, 0.6) is 11.5 Å². The SMILES string of the molecule is COc1ccc(OC)c2c1CCC(CN1CCCC1)C2=O.Cl. The monoisotopic (exact) mass is 325 g/mol. The molecule has 0 N–H and O–H groups in total. The molecule has 4 nitrogen and oxygen atoms in total. The van der Waals surface area contributed by atoms with Crippen molar-refractivity contribution >= 4 is 18.2 Å². The first-order valence-electron chi connectivity index (χ1n) is 7.75. The maximum absolute atomic E-state index is 12.9. The number of hydrogen-bond acceptors (Lipinski definition) is 4. The van der Waals surface area contributed by atoms with E-state index in [1.807, 2.05) is 12.1 Å². The average molecular weight is 326 g/mol. The lowest BCUT2D eigenvalue weighted by molar-refractivity contribution is 0.0864. The molecule has 122 valence electrons. The summed E-state index contributed by atoms with van der Waals surface area (Å²) in [4.78, 5) is 15.3. The minimum atomic E-state index is 0. The normalized spacial score (nSPS) is 21.2. The minimum Gasteiger partial charge on any atom is -0.496 e. The number of benzene rings is 1. The lowest BCUT2D eigenvalue weighted by atomic mass is 9.81. The standard InChI is InChI=1S/C17H23NO3.ClH/c1-20-14-7-8-15(21-2)16-13(14)6-5-12(17(16)19)11-18-9-3-4-10-18;/h7-8,12H,3-6,9-11H2,1-2H3;1H. The first-order chi connectivity index (χ1) is 10.2. The summed E-state index contributed by atoms with van der Waals surface area (Å²) in [6.07, 6.45) is 4.31. The lowest BCUT2D eigenvalue weighted by Crippen LogP contribution is -2.34. The number of ether oxygens (including phenoxy) is 2. The molecule has 2 aliphatic rings. The Kier molecular flexibility index (Phi) is 5.70. The van der Waals surface area contributed by atoms with Gasteiger partial charge in [-0.3, -0.25) is 4.79 Å². The van der Waals surface area contributed by atoms with Crippen molar-refractivity contribution in [2.24, 2.45) is 5.92 Å². The molecule has 1 fully saturated rings. The van der Waals surface area contributed by atoms with Crippen molar-refractivity contribution in [1.82, 2.24) is 4.90 Å². The predicted octanol–water partition coefficient (Wildman–Crippen LogP) is 2.97. The molecule has 0 aromatic heterocycles. The number of carbonyl (C=O) groups is 1. The Hall–Kier alpha value is -1.26. The fourth-order valence-electron chi connectivity index (χ4n) is 3.59. The van der Waals surface area contributed by atoms with Crippen LogP contribution in [-0.4, -0.2) is 44.5 Å². The van der Waals surface area contributed by atoms with E-state index in [2.05, 4.69) is 4.90 Å². The van der Waals surface area contributed by atoms with Gasteiger partial charge in [-0.2, -0.15) is 0 Å². The number of halogens is 1. The molecule has 1 unspecified atom stereocenters. The number of ketones is 1. The Morgan fingerprint density at radius 1 is 1.14 bits per heavy atom.